The molecule has 0 spiro atoms. The largest absolute Gasteiger partial charge is 0.311 e. The fourth-order valence-corrected chi connectivity index (χ4v) is 10.8. The third kappa shape index (κ3) is 9.73. The van der Waals surface area contributed by atoms with E-state index < -0.39 is 0 Å². The number of anilines is 6. The Morgan fingerprint density at radius 2 is 0.675 bits per heavy atom. The second-order valence-corrected chi connectivity index (χ2v) is 19.8. The van der Waals surface area contributed by atoms with E-state index in [4.69, 9.17) is 36.3 Å². The maximum absolute atomic E-state index is 7.84. The Morgan fingerprint density at radius 1 is 0.301 bits per heavy atom. The zero-order valence-electron chi connectivity index (χ0n) is 44.5. The van der Waals surface area contributed by atoms with Crippen molar-refractivity contribution in [2.45, 2.75) is 0 Å². The molecule has 0 aliphatic rings. The van der Waals surface area contributed by atoms with Gasteiger partial charge in [0, 0.05) is 67.3 Å². The van der Waals surface area contributed by atoms with Gasteiger partial charge in [-0.1, -0.05) is 170 Å². The molecule has 0 N–H and O–H groups in total. The number of benzene rings is 11. The van der Waals surface area contributed by atoms with Crippen molar-refractivity contribution in [3.8, 4) is 61.8 Å². The van der Waals surface area contributed by atoms with Gasteiger partial charge in [-0.2, -0.15) is 0 Å². The lowest BCUT2D eigenvalue weighted by molar-refractivity contribution is 1.18. The Balaban J connectivity index is 0.854. The predicted molar refractivity (Wildman–Crippen MR) is 338 cm³/mol. The van der Waals surface area contributed by atoms with E-state index in [0.717, 1.165) is 89.4 Å². The zero-order chi connectivity index (χ0) is 56.2. The molecule has 0 amide bonds. The van der Waals surface area contributed by atoms with Crippen molar-refractivity contribution in [1.82, 2.24) is 14.5 Å². The van der Waals surface area contributed by atoms with Gasteiger partial charge in [-0.25, -0.2) is 29.3 Å². The monoisotopic (exact) mass is 1060 g/mol. The lowest BCUT2D eigenvalue weighted by Gasteiger charge is -2.26. The van der Waals surface area contributed by atoms with Crippen LogP contribution >= 0.6 is 0 Å². The van der Waals surface area contributed by atoms with Crippen molar-refractivity contribution < 1.29 is 0 Å². The van der Waals surface area contributed by atoms with Crippen molar-refractivity contribution in [2.75, 3.05) is 9.80 Å². The molecule has 13 rings (SSSR count). The first-order chi connectivity index (χ1) is 40.9. The molecule has 11 aromatic carbocycles. The minimum atomic E-state index is 0.427. The van der Waals surface area contributed by atoms with Gasteiger partial charge in [-0.05, 0) is 125 Å². The molecule has 0 fully saturated rings. The Kier molecular flexibility index (Phi) is 13.3. The first-order valence-electron chi connectivity index (χ1n) is 26.8. The Morgan fingerprint density at radius 3 is 1.13 bits per heavy atom. The Labute approximate surface area is 481 Å². The highest BCUT2D eigenvalue weighted by molar-refractivity contribution is 6.12. The van der Waals surface area contributed by atoms with Crippen LogP contribution < -0.4 is 9.80 Å². The summed E-state index contributed by atoms with van der Waals surface area (Å²) in [5.41, 5.74) is 18.9. The van der Waals surface area contributed by atoms with E-state index in [1.807, 2.05) is 127 Å². The standard InChI is InChI=1S/C74H45N9/c1-75-55-33-39-59(40-34-55)81(57-15-7-5-8-16-57)62-43-45-72-66(47-62)67-48-63(82(58-17-9-6-10-18-58)60-41-35-56(76-2)36-42-60)44-46-73(67)83(72)61-37-31-53(32-38-61)51-25-23-50(24-26-51)52-27-29-54(30-28-52)70-49-71(64-19-11-13-21-68(64)77-3)80-74(79-70)65-20-12-14-22-69(65)78-4/h5-49H. The summed E-state index contributed by atoms with van der Waals surface area (Å²) >= 11 is 0. The lowest BCUT2D eigenvalue weighted by atomic mass is 9.98. The van der Waals surface area contributed by atoms with Crippen LogP contribution in [0.5, 0.6) is 0 Å². The zero-order valence-corrected chi connectivity index (χ0v) is 44.5. The second-order valence-electron chi connectivity index (χ2n) is 19.8. The summed E-state index contributed by atoms with van der Waals surface area (Å²) in [4.78, 5) is 29.2. The van der Waals surface area contributed by atoms with Crippen LogP contribution in [0.15, 0.2) is 273 Å². The summed E-state index contributed by atoms with van der Waals surface area (Å²) in [6.07, 6.45) is 0. The topological polar surface area (TPSA) is 54.6 Å². The average Bonchev–Trinajstić information content (AvgIpc) is 3.23. The highest BCUT2D eigenvalue weighted by Gasteiger charge is 2.21. The van der Waals surface area contributed by atoms with Crippen molar-refractivity contribution in [2.24, 2.45) is 0 Å². The molecular formula is C74H45N9. The van der Waals surface area contributed by atoms with E-state index >= 15 is 0 Å². The Bertz CT molecular complexity index is 4500. The molecule has 0 saturated carbocycles. The van der Waals surface area contributed by atoms with Gasteiger partial charge in [0.25, 0.3) is 0 Å². The van der Waals surface area contributed by atoms with E-state index in [-0.39, 0.29) is 0 Å². The molecule has 0 aliphatic carbocycles. The minimum Gasteiger partial charge on any atom is -0.311 e. The lowest BCUT2D eigenvalue weighted by Crippen LogP contribution is -2.09. The summed E-state index contributed by atoms with van der Waals surface area (Å²) in [5.74, 6) is 0.427. The average molecular weight is 1060 g/mol. The SMILES string of the molecule is [C-]#[N+]c1ccc(N(c2ccccc2)c2ccc3c(c2)c2cc(N(c4ccccc4)c4ccc([N+]#[C-])cc4)ccc2n3-c2ccc(-c3ccc(-c4ccc(-c5cc(-c6ccccc6[N+]#[C-])nc(-c6ccccc6[N+]#[C-])n5)cc4)cc3)cc2)cc1. The van der Waals surface area contributed by atoms with E-state index in [0.29, 0.717) is 51.1 Å². The van der Waals surface area contributed by atoms with Crippen LogP contribution in [0.25, 0.3) is 103 Å². The number of nitrogens with zero attached hydrogens (tertiary/aromatic N) is 9. The van der Waals surface area contributed by atoms with Crippen LogP contribution in [0.3, 0.4) is 0 Å². The van der Waals surface area contributed by atoms with Gasteiger partial charge in [-0.15, -0.1) is 0 Å². The molecule has 2 aromatic heterocycles. The van der Waals surface area contributed by atoms with E-state index in [1.54, 1.807) is 12.1 Å². The van der Waals surface area contributed by atoms with Crippen LogP contribution in [0.1, 0.15) is 0 Å². The molecular weight excluding hydrogens is 1010 g/mol. The molecule has 386 valence electrons. The predicted octanol–water partition coefficient (Wildman–Crippen LogP) is 21.1. The minimum absolute atomic E-state index is 0.427. The highest BCUT2D eigenvalue weighted by Crippen LogP contribution is 2.44. The van der Waals surface area contributed by atoms with Crippen molar-refractivity contribution in [3.63, 3.8) is 0 Å². The quantitative estimate of drug-likeness (QED) is 0.114. The number of para-hydroxylation sites is 4. The fraction of sp³-hybridized carbons (Fsp3) is 0. The van der Waals surface area contributed by atoms with Crippen LogP contribution in [0.2, 0.25) is 0 Å². The summed E-state index contributed by atoms with van der Waals surface area (Å²) in [7, 11) is 0. The molecule has 9 nitrogen and oxygen atoms in total. The van der Waals surface area contributed by atoms with E-state index in [1.165, 1.54) is 0 Å². The van der Waals surface area contributed by atoms with Crippen molar-refractivity contribution >= 4 is 78.7 Å². The first kappa shape index (κ1) is 50.4. The number of hydrogen-bond acceptors (Lipinski definition) is 4. The molecule has 13 aromatic rings. The smallest absolute Gasteiger partial charge is 0.198 e. The second kappa shape index (κ2) is 21.9. The summed E-state index contributed by atoms with van der Waals surface area (Å²) in [6, 6.07) is 91.8. The van der Waals surface area contributed by atoms with Gasteiger partial charge in [0.1, 0.15) is 5.82 Å². The molecule has 83 heavy (non-hydrogen) atoms. The maximum atomic E-state index is 7.84. The summed E-state index contributed by atoms with van der Waals surface area (Å²) < 4.78 is 2.34. The van der Waals surface area contributed by atoms with Gasteiger partial charge >= 0.3 is 0 Å². The van der Waals surface area contributed by atoms with Gasteiger partial charge in [0.05, 0.1) is 48.7 Å². The molecule has 0 bridgehead atoms. The van der Waals surface area contributed by atoms with E-state index in [2.05, 4.69) is 167 Å². The third-order valence-corrected chi connectivity index (χ3v) is 14.9. The van der Waals surface area contributed by atoms with Gasteiger partial charge in [-0.3, -0.25) is 0 Å². The molecule has 0 saturated heterocycles. The number of hydrogen-bond donors (Lipinski definition) is 0. The van der Waals surface area contributed by atoms with Crippen LogP contribution in [0.4, 0.5) is 56.9 Å². The van der Waals surface area contributed by atoms with Crippen LogP contribution in [-0.2, 0) is 0 Å². The molecule has 2 heterocycles. The highest BCUT2D eigenvalue weighted by atomic mass is 15.2. The number of rotatable bonds is 12. The Hall–Kier alpha value is -12.1. The van der Waals surface area contributed by atoms with Crippen LogP contribution in [-0.4, -0.2) is 14.5 Å². The van der Waals surface area contributed by atoms with Crippen molar-refractivity contribution in [3.05, 3.63) is 319 Å². The van der Waals surface area contributed by atoms with Gasteiger partial charge in [0.2, 0.25) is 0 Å². The number of fused-ring (bicyclic) bond motifs is 3. The molecule has 0 unspecified atom stereocenters. The maximum Gasteiger partial charge on any atom is 0.198 e. The third-order valence-electron chi connectivity index (χ3n) is 14.9. The number of aromatic nitrogens is 3. The summed E-state index contributed by atoms with van der Waals surface area (Å²) in [6.45, 7) is 30.9. The fourth-order valence-electron chi connectivity index (χ4n) is 10.8. The van der Waals surface area contributed by atoms with Gasteiger partial charge < -0.3 is 14.4 Å². The van der Waals surface area contributed by atoms with Crippen LogP contribution in [0, 0.1) is 26.3 Å². The normalized spacial score (nSPS) is 10.8. The molecule has 0 aliphatic heterocycles. The molecule has 9 heteroatoms. The van der Waals surface area contributed by atoms with Crippen molar-refractivity contribution in [1.29, 1.82) is 0 Å². The van der Waals surface area contributed by atoms with Gasteiger partial charge in [0.15, 0.2) is 22.7 Å². The molecule has 0 atom stereocenters. The first-order valence-corrected chi connectivity index (χ1v) is 26.8. The molecule has 0 radical (unpaired) electrons. The summed E-state index contributed by atoms with van der Waals surface area (Å²) in [5, 5.41) is 2.14. The van der Waals surface area contributed by atoms with E-state index in [9.17, 15) is 0 Å².